The van der Waals surface area contributed by atoms with Crippen molar-refractivity contribution in [1.82, 2.24) is 5.32 Å². The van der Waals surface area contributed by atoms with E-state index in [9.17, 15) is 18.7 Å². The Bertz CT molecular complexity index is 865. The number of aliphatic hydroxyl groups is 1. The lowest BCUT2D eigenvalue weighted by atomic mass is 9.76. The lowest BCUT2D eigenvalue weighted by Crippen LogP contribution is -2.48. The molecule has 0 aliphatic heterocycles. The molecule has 1 saturated carbocycles. The molecular formula is C20H18Cl3F2NO2. The normalized spacial score (nSPS) is 23.3. The molecule has 28 heavy (non-hydrogen) atoms. The summed E-state index contributed by atoms with van der Waals surface area (Å²) in [6.07, 6.45) is -0.604. The number of halogens is 5. The molecule has 8 heteroatoms. The Morgan fingerprint density at radius 2 is 1.68 bits per heavy atom. The predicted molar refractivity (Wildman–Crippen MR) is 106 cm³/mol. The first kappa shape index (κ1) is 21.3. The van der Waals surface area contributed by atoms with Crippen LogP contribution in [0.5, 0.6) is 0 Å². The van der Waals surface area contributed by atoms with Gasteiger partial charge in [-0.2, -0.15) is 0 Å². The zero-order valence-electron chi connectivity index (χ0n) is 14.7. The fourth-order valence-corrected chi connectivity index (χ4v) is 4.34. The minimum absolute atomic E-state index is 0.0335. The van der Waals surface area contributed by atoms with Crippen molar-refractivity contribution in [3.63, 3.8) is 0 Å². The zero-order chi connectivity index (χ0) is 20.5. The molecule has 0 radical (unpaired) electrons. The molecule has 1 fully saturated rings. The van der Waals surface area contributed by atoms with Crippen molar-refractivity contribution in [2.75, 3.05) is 0 Å². The molecule has 150 valence electrons. The predicted octanol–water partition coefficient (Wildman–Crippen LogP) is 5.90. The summed E-state index contributed by atoms with van der Waals surface area (Å²) < 4.78 is 27.7. The summed E-state index contributed by atoms with van der Waals surface area (Å²) in [4.78, 5) is 12.9. The molecule has 0 heterocycles. The summed E-state index contributed by atoms with van der Waals surface area (Å²) in [6.45, 7) is 0. The Hall–Kier alpha value is -1.40. The number of hydrogen-bond donors (Lipinski definition) is 2. The van der Waals surface area contributed by atoms with Crippen LogP contribution in [0.1, 0.15) is 47.6 Å². The first-order valence-corrected chi connectivity index (χ1v) is 9.91. The number of carbonyl (C=O) groups is 1. The van der Waals surface area contributed by atoms with Gasteiger partial charge < -0.3 is 10.4 Å². The Kier molecular flexibility index (Phi) is 6.50. The number of benzene rings is 2. The van der Waals surface area contributed by atoms with E-state index in [0.29, 0.717) is 0 Å². The van der Waals surface area contributed by atoms with Crippen LogP contribution in [-0.2, 0) is 0 Å². The highest BCUT2D eigenvalue weighted by Crippen LogP contribution is 2.42. The van der Waals surface area contributed by atoms with Gasteiger partial charge in [-0.25, -0.2) is 8.78 Å². The van der Waals surface area contributed by atoms with Gasteiger partial charge in [-0.05, 0) is 49.4 Å². The van der Waals surface area contributed by atoms with Gasteiger partial charge in [0, 0.05) is 0 Å². The zero-order valence-corrected chi connectivity index (χ0v) is 17.0. The Labute approximate surface area is 176 Å². The number of nitrogens with one attached hydrogen (secondary N) is 1. The molecule has 3 nitrogen and oxygen atoms in total. The molecule has 1 unspecified atom stereocenters. The molecule has 0 saturated heterocycles. The van der Waals surface area contributed by atoms with E-state index >= 15 is 0 Å². The Morgan fingerprint density at radius 3 is 2.29 bits per heavy atom. The monoisotopic (exact) mass is 447 g/mol. The van der Waals surface area contributed by atoms with Crippen molar-refractivity contribution in [3.05, 3.63) is 68.4 Å². The van der Waals surface area contributed by atoms with Gasteiger partial charge in [-0.3, -0.25) is 4.79 Å². The highest BCUT2D eigenvalue weighted by molar-refractivity contribution is 6.39. The van der Waals surface area contributed by atoms with Gasteiger partial charge in [-0.15, -0.1) is 0 Å². The van der Waals surface area contributed by atoms with Gasteiger partial charge >= 0.3 is 0 Å². The summed E-state index contributed by atoms with van der Waals surface area (Å²) in [6, 6.07) is 7.68. The molecule has 0 bridgehead atoms. The van der Waals surface area contributed by atoms with E-state index in [2.05, 4.69) is 5.32 Å². The van der Waals surface area contributed by atoms with Gasteiger partial charge in [0.25, 0.3) is 5.91 Å². The second-order valence-electron chi connectivity index (χ2n) is 6.92. The van der Waals surface area contributed by atoms with Crippen molar-refractivity contribution < 1.29 is 18.7 Å². The molecule has 2 aromatic carbocycles. The van der Waals surface area contributed by atoms with Gasteiger partial charge in [0.05, 0.1) is 32.3 Å². The third kappa shape index (κ3) is 4.28. The molecule has 1 amide bonds. The minimum Gasteiger partial charge on any atom is -0.387 e. The topological polar surface area (TPSA) is 49.3 Å². The van der Waals surface area contributed by atoms with Crippen LogP contribution in [-0.4, -0.2) is 22.8 Å². The number of rotatable bonds is 4. The van der Waals surface area contributed by atoms with Crippen molar-refractivity contribution in [2.45, 2.75) is 43.5 Å². The second-order valence-corrected chi connectivity index (χ2v) is 8.12. The van der Waals surface area contributed by atoms with Gasteiger partial charge in [0.2, 0.25) is 0 Å². The molecule has 3 rings (SSSR count). The lowest BCUT2D eigenvalue weighted by molar-refractivity contribution is -0.0445. The standard InChI is InChI=1S/C20H18Cl3F2NO2/c21-13-4-2-5-14(22)16(13)19(27)26-18(12-3-1-6-15(25)17(12)23)20(28)9-7-11(24)8-10-20/h1-6,11,18,28H,7-10H2,(H,26,27). The SMILES string of the molecule is O=C(NC(c1cccc(F)c1Cl)C1(O)CCC(F)CC1)c1c(Cl)cccc1Cl. The lowest BCUT2D eigenvalue weighted by Gasteiger charge is -2.41. The van der Waals surface area contributed by atoms with Crippen molar-refractivity contribution in [2.24, 2.45) is 0 Å². The highest BCUT2D eigenvalue weighted by atomic mass is 35.5. The largest absolute Gasteiger partial charge is 0.387 e. The summed E-state index contributed by atoms with van der Waals surface area (Å²) >= 11 is 18.3. The fraction of sp³-hybridized carbons (Fsp3) is 0.350. The van der Waals surface area contributed by atoms with Crippen molar-refractivity contribution >= 4 is 40.7 Å². The van der Waals surface area contributed by atoms with E-state index in [1.807, 2.05) is 0 Å². The maximum atomic E-state index is 14.1. The molecule has 2 N–H and O–H groups in total. The molecule has 1 aliphatic carbocycles. The second kappa shape index (κ2) is 8.54. The van der Waals surface area contributed by atoms with Gasteiger partial charge in [-0.1, -0.05) is 53.0 Å². The van der Waals surface area contributed by atoms with Crippen LogP contribution >= 0.6 is 34.8 Å². The van der Waals surface area contributed by atoms with E-state index in [0.717, 1.165) is 0 Å². The maximum absolute atomic E-state index is 14.1. The van der Waals surface area contributed by atoms with Crippen LogP contribution in [0.25, 0.3) is 0 Å². The van der Waals surface area contributed by atoms with Crippen LogP contribution in [0.2, 0.25) is 15.1 Å². The molecule has 0 spiro atoms. The number of amides is 1. The quantitative estimate of drug-likeness (QED) is 0.612. The van der Waals surface area contributed by atoms with E-state index in [1.165, 1.54) is 30.3 Å². The smallest absolute Gasteiger partial charge is 0.254 e. The third-order valence-electron chi connectivity index (χ3n) is 5.08. The van der Waals surface area contributed by atoms with Gasteiger partial charge in [0.15, 0.2) is 0 Å². The molecule has 1 aliphatic rings. The molecular weight excluding hydrogens is 431 g/mol. The summed E-state index contributed by atoms with van der Waals surface area (Å²) in [7, 11) is 0. The summed E-state index contributed by atoms with van der Waals surface area (Å²) in [5.41, 5.74) is -1.26. The molecule has 0 aromatic heterocycles. The van der Waals surface area contributed by atoms with Gasteiger partial charge in [0.1, 0.15) is 12.0 Å². The molecule has 1 atom stereocenters. The Morgan fingerprint density at radius 1 is 1.11 bits per heavy atom. The third-order valence-corrected chi connectivity index (χ3v) is 6.10. The van der Waals surface area contributed by atoms with Crippen LogP contribution in [0.15, 0.2) is 36.4 Å². The fourth-order valence-electron chi connectivity index (χ4n) is 3.53. The number of carbonyl (C=O) groups excluding carboxylic acids is 1. The average Bonchev–Trinajstić information content (AvgIpc) is 2.65. The van der Waals surface area contributed by atoms with E-state index < -0.39 is 29.5 Å². The van der Waals surface area contributed by atoms with Crippen molar-refractivity contribution in [1.29, 1.82) is 0 Å². The number of hydrogen-bond acceptors (Lipinski definition) is 2. The van der Waals surface area contributed by atoms with E-state index in [1.54, 1.807) is 6.07 Å². The van der Waals surface area contributed by atoms with E-state index in [-0.39, 0.29) is 51.9 Å². The highest BCUT2D eigenvalue weighted by Gasteiger charge is 2.43. The minimum atomic E-state index is -1.50. The van der Waals surface area contributed by atoms with Crippen LogP contribution in [0.3, 0.4) is 0 Å². The van der Waals surface area contributed by atoms with Crippen LogP contribution in [0, 0.1) is 5.82 Å². The first-order chi connectivity index (χ1) is 13.2. The average molecular weight is 449 g/mol. The van der Waals surface area contributed by atoms with Crippen LogP contribution in [0.4, 0.5) is 8.78 Å². The maximum Gasteiger partial charge on any atom is 0.254 e. The first-order valence-electron chi connectivity index (χ1n) is 8.78. The van der Waals surface area contributed by atoms with E-state index in [4.69, 9.17) is 34.8 Å². The van der Waals surface area contributed by atoms with Crippen LogP contribution < -0.4 is 5.32 Å². The summed E-state index contributed by atoms with van der Waals surface area (Å²) in [5, 5.41) is 14.0. The molecule has 2 aromatic rings. The number of alkyl halides is 1. The van der Waals surface area contributed by atoms with Crippen molar-refractivity contribution in [3.8, 4) is 0 Å². The summed E-state index contributed by atoms with van der Waals surface area (Å²) in [5.74, 6) is -1.33. The Balaban J connectivity index is 2.02.